The number of oxazole rings is 1. The average Bonchev–Trinajstić information content (AvgIpc) is 3.18. The van der Waals surface area contributed by atoms with E-state index in [1.54, 1.807) is 42.7 Å². The molecule has 0 saturated carbocycles. The summed E-state index contributed by atoms with van der Waals surface area (Å²) < 4.78 is 45.4. The van der Waals surface area contributed by atoms with Gasteiger partial charge in [-0.05, 0) is 48.0 Å². The molecule has 2 heterocycles. The number of aromatic nitrogens is 2. The molecule has 30 heavy (non-hydrogen) atoms. The van der Waals surface area contributed by atoms with Crippen LogP contribution in [0.1, 0.15) is 5.56 Å². The standard InChI is InChI=1S/C21H15ClFN3O3S/c22-18-6-2-1-5-17(18)19-26-21(30(27,28)16-9-7-15(23)8-10-16)20(29-19)25-13-14-4-3-11-24-12-14/h1-12,25H,13H2. The van der Waals surface area contributed by atoms with Crippen molar-refractivity contribution in [1.29, 1.82) is 0 Å². The lowest BCUT2D eigenvalue weighted by molar-refractivity contribution is 0.576. The van der Waals surface area contributed by atoms with Gasteiger partial charge < -0.3 is 9.73 Å². The Kier molecular flexibility index (Phi) is 5.52. The van der Waals surface area contributed by atoms with E-state index >= 15 is 0 Å². The molecular weight excluding hydrogens is 429 g/mol. The smallest absolute Gasteiger partial charge is 0.234 e. The van der Waals surface area contributed by atoms with Gasteiger partial charge in [-0.1, -0.05) is 29.8 Å². The second-order valence-electron chi connectivity index (χ2n) is 6.31. The molecule has 152 valence electrons. The Hall–Kier alpha value is -3.23. The third-order valence-electron chi connectivity index (χ3n) is 4.25. The summed E-state index contributed by atoms with van der Waals surface area (Å²) in [5.41, 5.74) is 1.27. The predicted molar refractivity (Wildman–Crippen MR) is 110 cm³/mol. The van der Waals surface area contributed by atoms with Gasteiger partial charge in [0.15, 0.2) is 0 Å². The normalized spacial score (nSPS) is 11.4. The van der Waals surface area contributed by atoms with Crippen molar-refractivity contribution in [3.05, 3.63) is 89.5 Å². The van der Waals surface area contributed by atoms with Crippen LogP contribution in [0.15, 0.2) is 87.4 Å². The van der Waals surface area contributed by atoms with Crippen LogP contribution in [-0.4, -0.2) is 18.4 Å². The van der Waals surface area contributed by atoms with Gasteiger partial charge in [0.1, 0.15) is 5.82 Å². The summed E-state index contributed by atoms with van der Waals surface area (Å²) in [4.78, 5) is 8.14. The van der Waals surface area contributed by atoms with Gasteiger partial charge >= 0.3 is 0 Å². The van der Waals surface area contributed by atoms with Crippen molar-refractivity contribution in [2.75, 3.05) is 5.32 Å². The van der Waals surface area contributed by atoms with Crippen LogP contribution in [0, 0.1) is 5.82 Å². The van der Waals surface area contributed by atoms with Gasteiger partial charge in [0.2, 0.25) is 26.6 Å². The first-order chi connectivity index (χ1) is 14.4. The van der Waals surface area contributed by atoms with E-state index in [1.165, 1.54) is 12.1 Å². The van der Waals surface area contributed by atoms with Gasteiger partial charge in [-0.2, -0.15) is 4.98 Å². The van der Waals surface area contributed by atoms with Crippen molar-refractivity contribution in [2.45, 2.75) is 16.5 Å². The fourth-order valence-corrected chi connectivity index (χ4v) is 4.26. The molecule has 6 nitrogen and oxygen atoms in total. The molecule has 0 radical (unpaired) electrons. The number of halogens is 2. The summed E-state index contributed by atoms with van der Waals surface area (Å²) in [7, 11) is -4.08. The lowest BCUT2D eigenvalue weighted by Gasteiger charge is -2.06. The number of hydrogen-bond acceptors (Lipinski definition) is 6. The fourth-order valence-electron chi connectivity index (χ4n) is 2.76. The van der Waals surface area contributed by atoms with Crippen LogP contribution in [0.3, 0.4) is 0 Å². The summed E-state index contributed by atoms with van der Waals surface area (Å²) in [5.74, 6) is -0.533. The van der Waals surface area contributed by atoms with E-state index in [-0.39, 0.29) is 28.2 Å². The summed E-state index contributed by atoms with van der Waals surface area (Å²) in [6, 6.07) is 14.9. The molecule has 2 aromatic heterocycles. The second-order valence-corrected chi connectivity index (χ2v) is 8.58. The van der Waals surface area contributed by atoms with Crippen LogP contribution in [0.25, 0.3) is 11.5 Å². The van der Waals surface area contributed by atoms with Crippen LogP contribution in [0.4, 0.5) is 10.3 Å². The van der Waals surface area contributed by atoms with Crippen LogP contribution in [0.2, 0.25) is 5.02 Å². The minimum Gasteiger partial charge on any atom is -0.419 e. The summed E-state index contributed by atoms with van der Waals surface area (Å²) in [6.07, 6.45) is 3.28. The van der Waals surface area contributed by atoms with Gasteiger partial charge in [0, 0.05) is 18.9 Å². The van der Waals surface area contributed by atoms with Crippen LogP contribution in [0.5, 0.6) is 0 Å². The van der Waals surface area contributed by atoms with Crippen molar-refractivity contribution >= 4 is 27.3 Å². The largest absolute Gasteiger partial charge is 0.419 e. The van der Waals surface area contributed by atoms with E-state index in [9.17, 15) is 12.8 Å². The number of anilines is 1. The first-order valence-electron chi connectivity index (χ1n) is 8.84. The molecule has 0 aliphatic carbocycles. The van der Waals surface area contributed by atoms with Gasteiger partial charge in [-0.25, -0.2) is 12.8 Å². The summed E-state index contributed by atoms with van der Waals surface area (Å²) in [6.45, 7) is 0.261. The van der Waals surface area contributed by atoms with E-state index < -0.39 is 15.7 Å². The average molecular weight is 444 g/mol. The number of nitrogens with one attached hydrogen (secondary N) is 1. The Morgan fingerprint density at radius 2 is 1.80 bits per heavy atom. The number of hydrogen-bond donors (Lipinski definition) is 1. The van der Waals surface area contributed by atoms with E-state index in [1.807, 2.05) is 6.07 Å². The third-order valence-corrected chi connectivity index (χ3v) is 6.26. The zero-order valence-corrected chi connectivity index (χ0v) is 17.0. The molecule has 0 unspecified atom stereocenters. The Morgan fingerprint density at radius 1 is 1.03 bits per heavy atom. The summed E-state index contributed by atoms with van der Waals surface area (Å²) >= 11 is 6.22. The molecule has 4 aromatic rings. The molecule has 9 heteroatoms. The highest BCUT2D eigenvalue weighted by Crippen LogP contribution is 2.35. The first-order valence-corrected chi connectivity index (χ1v) is 10.7. The molecule has 0 aliphatic heterocycles. The molecule has 1 N–H and O–H groups in total. The summed E-state index contributed by atoms with van der Waals surface area (Å²) in [5, 5.41) is 3.01. The highest BCUT2D eigenvalue weighted by molar-refractivity contribution is 7.91. The minimum atomic E-state index is -4.08. The fraction of sp³-hybridized carbons (Fsp3) is 0.0476. The van der Waals surface area contributed by atoms with Crippen molar-refractivity contribution < 1.29 is 17.2 Å². The molecule has 2 aromatic carbocycles. The maximum Gasteiger partial charge on any atom is 0.234 e. The van der Waals surface area contributed by atoms with Crippen LogP contribution >= 0.6 is 11.6 Å². The zero-order chi connectivity index (χ0) is 21.1. The lowest BCUT2D eigenvalue weighted by Crippen LogP contribution is -2.07. The van der Waals surface area contributed by atoms with Crippen LogP contribution in [-0.2, 0) is 16.4 Å². The number of pyridine rings is 1. The number of rotatable bonds is 6. The van der Waals surface area contributed by atoms with E-state index in [2.05, 4.69) is 15.3 Å². The molecule has 0 amide bonds. The highest BCUT2D eigenvalue weighted by Gasteiger charge is 2.29. The maximum absolute atomic E-state index is 13.3. The van der Waals surface area contributed by atoms with Crippen molar-refractivity contribution in [3.8, 4) is 11.5 Å². The molecule has 0 spiro atoms. The number of sulfone groups is 1. The molecular formula is C21H15ClFN3O3S. The Morgan fingerprint density at radius 3 is 2.50 bits per heavy atom. The molecule has 0 saturated heterocycles. The van der Waals surface area contributed by atoms with E-state index in [4.69, 9.17) is 16.0 Å². The quantitative estimate of drug-likeness (QED) is 0.423. The van der Waals surface area contributed by atoms with Crippen molar-refractivity contribution in [1.82, 2.24) is 9.97 Å². The maximum atomic E-state index is 13.3. The molecule has 0 aliphatic rings. The SMILES string of the molecule is O=S(=O)(c1ccc(F)cc1)c1nc(-c2ccccc2Cl)oc1NCc1cccnc1. The number of nitrogens with zero attached hydrogens (tertiary/aromatic N) is 2. The Labute approximate surface area is 177 Å². The van der Waals surface area contributed by atoms with Gasteiger partial charge in [0.25, 0.3) is 0 Å². The third kappa shape index (κ3) is 4.05. The molecule has 0 fully saturated rings. The second kappa shape index (κ2) is 8.25. The van der Waals surface area contributed by atoms with Crippen molar-refractivity contribution in [2.24, 2.45) is 0 Å². The highest BCUT2D eigenvalue weighted by atomic mass is 35.5. The van der Waals surface area contributed by atoms with Crippen molar-refractivity contribution in [3.63, 3.8) is 0 Å². The van der Waals surface area contributed by atoms with Gasteiger partial charge in [0.05, 0.1) is 15.5 Å². The predicted octanol–water partition coefficient (Wildman–Crippen LogP) is 4.97. The lowest BCUT2D eigenvalue weighted by atomic mass is 10.2. The monoisotopic (exact) mass is 443 g/mol. The van der Waals surface area contributed by atoms with Crippen LogP contribution < -0.4 is 5.32 Å². The first kappa shape index (κ1) is 20.1. The van der Waals surface area contributed by atoms with E-state index in [0.717, 1.165) is 17.7 Å². The minimum absolute atomic E-state index is 0.0434. The Balaban J connectivity index is 1.79. The zero-order valence-electron chi connectivity index (χ0n) is 15.4. The molecule has 0 atom stereocenters. The topological polar surface area (TPSA) is 85.1 Å². The number of benzene rings is 2. The molecule has 4 rings (SSSR count). The Bertz CT molecular complexity index is 1280. The van der Waals surface area contributed by atoms with Gasteiger partial charge in [-0.3, -0.25) is 4.98 Å². The van der Waals surface area contributed by atoms with E-state index in [0.29, 0.717) is 10.6 Å². The molecule has 0 bridgehead atoms. The van der Waals surface area contributed by atoms with Gasteiger partial charge in [-0.15, -0.1) is 0 Å².